The molecule has 0 unspecified atom stereocenters. The number of aliphatic carboxylic acids is 1. The number of hydrogen-bond donors (Lipinski definition) is 1. The van der Waals surface area contributed by atoms with E-state index in [1.54, 1.807) is 6.07 Å². The largest absolute Gasteiger partial charge is 0.550 e. The van der Waals surface area contributed by atoms with Gasteiger partial charge in [-0.3, -0.25) is 4.79 Å². The molecule has 184 valence electrons. The molecule has 1 heterocycles. The number of rotatable bonds is 8. The van der Waals surface area contributed by atoms with Gasteiger partial charge in [-0.2, -0.15) is 0 Å². The van der Waals surface area contributed by atoms with Gasteiger partial charge in [0.2, 0.25) is 0 Å². The number of fused-ring (bicyclic) bond motifs is 1. The predicted octanol–water partition coefficient (Wildman–Crippen LogP) is 3.05. The summed E-state index contributed by atoms with van der Waals surface area (Å²) in [6.07, 6.45) is 3.13. The maximum atomic E-state index is 12.7. The Bertz CT molecular complexity index is 1270. The first-order valence-corrected chi connectivity index (χ1v) is 12.0. The van der Waals surface area contributed by atoms with Gasteiger partial charge in [0.25, 0.3) is 5.91 Å². The smallest absolute Gasteiger partial charge is 0.340 e. The summed E-state index contributed by atoms with van der Waals surface area (Å²) in [5.74, 6) is -0.855. The van der Waals surface area contributed by atoms with Gasteiger partial charge >= 0.3 is 5.63 Å². The highest BCUT2D eigenvalue weighted by atomic mass is 16.5. The molecule has 1 aliphatic rings. The van der Waals surface area contributed by atoms with Crippen LogP contribution in [0.2, 0.25) is 0 Å². The summed E-state index contributed by atoms with van der Waals surface area (Å²) < 4.78 is 11.6. The number of carboxylic acids is 1. The summed E-state index contributed by atoms with van der Waals surface area (Å²) in [5.41, 5.74) is 3.26. The maximum Gasteiger partial charge on any atom is 0.340 e. The van der Waals surface area contributed by atoms with Crippen molar-refractivity contribution in [3.63, 3.8) is 0 Å². The van der Waals surface area contributed by atoms with Crippen LogP contribution in [0.1, 0.15) is 47.9 Å². The van der Waals surface area contributed by atoms with Crippen molar-refractivity contribution < 1.29 is 23.8 Å². The number of hydrogen-bond acceptors (Lipinski definition) is 6. The molecule has 1 aliphatic carbocycles. The van der Waals surface area contributed by atoms with Crippen molar-refractivity contribution in [3.05, 3.63) is 75.1 Å². The van der Waals surface area contributed by atoms with Gasteiger partial charge in [-0.1, -0.05) is 30.3 Å². The van der Waals surface area contributed by atoms with Crippen LogP contribution in [0.5, 0.6) is 5.75 Å². The van der Waals surface area contributed by atoms with Crippen LogP contribution in [0.3, 0.4) is 0 Å². The van der Waals surface area contributed by atoms with Crippen LogP contribution in [0, 0.1) is 25.7 Å². The van der Waals surface area contributed by atoms with E-state index < -0.39 is 5.97 Å². The molecule has 1 amide bonds. The molecule has 0 aliphatic heterocycles. The average molecular weight is 477 g/mol. The molecule has 0 radical (unpaired) electrons. The first kappa shape index (κ1) is 24.5. The first-order chi connectivity index (χ1) is 16.8. The van der Waals surface area contributed by atoms with Gasteiger partial charge < -0.3 is 24.4 Å². The molecule has 1 fully saturated rings. The Morgan fingerprint density at radius 3 is 2.49 bits per heavy atom. The van der Waals surface area contributed by atoms with Crippen LogP contribution >= 0.6 is 0 Å². The van der Waals surface area contributed by atoms with Gasteiger partial charge in [0.1, 0.15) is 11.3 Å². The molecule has 3 aromatic rings. The fraction of sp³-hybridized carbons (Fsp3) is 0.393. The molecule has 0 spiro atoms. The molecule has 1 aromatic heterocycles. The van der Waals surface area contributed by atoms with Crippen LogP contribution in [0.15, 0.2) is 51.7 Å². The van der Waals surface area contributed by atoms with E-state index >= 15 is 0 Å². The summed E-state index contributed by atoms with van der Waals surface area (Å²) in [6.45, 7) is 4.08. The Balaban J connectivity index is 1.45. The summed E-state index contributed by atoms with van der Waals surface area (Å²) in [4.78, 5) is 36.2. The number of aryl methyl sites for hydroxylation is 2. The van der Waals surface area contributed by atoms with Crippen molar-refractivity contribution in [1.82, 2.24) is 5.32 Å². The van der Waals surface area contributed by atoms with Gasteiger partial charge in [0.15, 0.2) is 6.61 Å². The van der Waals surface area contributed by atoms with Gasteiger partial charge in [-0.25, -0.2) is 4.79 Å². The molecule has 0 atom stereocenters. The molecule has 4 rings (SSSR count). The van der Waals surface area contributed by atoms with Gasteiger partial charge in [0, 0.05) is 24.5 Å². The lowest BCUT2D eigenvalue weighted by molar-refractivity contribution is -0.312. The zero-order valence-electron chi connectivity index (χ0n) is 20.1. The van der Waals surface area contributed by atoms with E-state index in [1.165, 1.54) is 0 Å². The highest BCUT2D eigenvalue weighted by molar-refractivity contribution is 5.89. The van der Waals surface area contributed by atoms with Crippen LogP contribution in [-0.2, 0) is 16.0 Å². The lowest BCUT2D eigenvalue weighted by Crippen LogP contribution is -2.37. The Kier molecular flexibility index (Phi) is 7.54. The summed E-state index contributed by atoms with van der Waals surface area (Å²) >= 11 is 0. The Morgan fingerprint density at radius 2 is 1.80 bits per heavy atom. The lowest BCUT2D eigenvalue weighted by Gasteiger charge is -2.29. The minimum atomic E-state index is -0.982. The average Bonchev–Trinajstić information content (AvgIpc) is 2.84. The molecule has 0 saturated heterocycles. The van der Waals surface area contributed by atoms with Gasteiger partial charge in [0.05, 0.1) is 5.39 Å². The highest BCUT2D eigenvalue weighted by Crippen LogP contribution is 2.32. The summed E-state index contributed by atoms with van der Waals surface area (Å²) in [6, 6.07) is 13.4. The van der Waals surface area contributed by atoms with Crippen molar-refractivity contribution in [2.24, 2.45) is 11.8 Å². The van der Waals surface area contributed by atoms with Crippen LogP contribution in [-0.4, -0.2) is 25.0 Å². The predicted molar refractivity (Wildman–Crippen MR) is 130 cm³/mol. The second-order valence-electron chi connectivity index (χ2n) is 9.42. The molecule has 0 bridgehead atoms. The molecule has 2 aromatic carbocycles. The normalized spacial score (nSPS) is 17.8. The van der Waals surface area contributed by atoms with Gasteiger partial charge in [-0.05, 0) is 80.2 Å². The van der Waals surface area contributed by atoms with Crippen LogP contribution in [0.25, 0.3) is 11.0 Å². The number of benzene rings is 2. The summed E-state index contributed by atoms with van der Waals surface area (Å²) in [5, 5.41) is 14.6. The quantitative estimate of drug-likeness (QED) is 0.501. The molecule has 7 heteroatoms. The number of carbonyl (C=O) groups is 2. The number of ether oxygens (including phenoxy) is 1. The Hall–Kier alpha value is -3.61. The van der Waals surface area contributed by atoms with Crippen LogP contribution < -0.4 is 20.8 Å². The standard InChI is InChI=1S/C28H31NO6/c1-17-12-23(34-16-25(30)29-15-20-8-10-21(11-9-20)27(31)32)26-18(2)22(28(33)35-24(26)13-17)14-19-6-4-3-5-7-19/h3-7,12-13,20-21H,8-11,14-16H2,1-2H3,(H,29,30)(H,31,32)/p-1. The SMILES string of the molecule is Cc1cc(OCC(=O)NCC2CCC(C(=O)[O-])CC2)c2c(C)c(Cc3ccccc3)c(=O)oc2c1. The molecular formula is C28H30NO6-. The van der Waals surface area contributed by atoms with Crippen molar-refractivity contribution in [1.29, 1.82) is 0 Å². The molecule has 1 saturated carbocycles. The Labute approximate surface area is 204 Å². The van der Waals surface area contributed by atoms with Crippen molar-refractivity contribution >= 4 is 22.8 Å². The van der Waals surface area contributed by atoms with E-state index in [4.69, 9.17) is 9.15 Å². The fourth-order valence-electron chi connectivity index (χ4n) is 4.81. The van der Waals surface area contributed by atoms with Crippen LogP contribution in [0.4, 0.5) is 0 Å². The first-order valence-electron chi connectivity index (χ1n) is 12.0. The molecule has 1 N–H and O–H groups in total. The Morgan fingerprint density at radius 1 is 1.09 bits per heavy atom. The van der Waals surface area contributed by atoms with Crippen molar-refractivity contribution in [3.8, 4) is 5.75 Å². The minimum absolute atomic E-state index is 0.167. The van der Waals surface area contributed by atoms with E-state index in [0.717, 1.165) is 29.5 Å². The fourth-order valence-corrected chi connectivity index (χ4v) is 4.81. The lowest BCUT2D eigenvalue weighted by atomic mass is 9.82. The van der Waals surface area contributed by atoms with E-state index in [9.17, 15) is 19.5 Å². The van der Waals surface area contributed by atoms with E-state index in [-0.39, 0.29) is 30.0 Å². The van der Waals surface area contributed by atoms with Crippen molar-refractivity contribution in [2.45, 2.75) is 46.0 Å². The highest BCUT2D eigenvalue weighted by Gasteiger charge is 2.22. The molecule has 35 heavy (non-hydrogen) atoms. The van der Waals surface area contributed by atoms with Gasteiger partial charge in [-0.15, -0.1) is 0 Å². The number of nitrogens with one attached hydrogen (secondary N) is 1. The van der Waals surface area contributed by atoms with E-state index in [2.05, 4.69) is 5.32 Å². The third kappa shape index (κ3) is 5.91. The second-order valence-corrected chi connectivity index (χ2v) is 9.42. The molecular weight excluding hydrogens is 446 g/mol. The van der Waals surface area contributed by atoms with E-state index in [0.29, 0.717) is 48.1 Å². The second kappa shape index (κ2) is 10.8. The number of amides is 1. The maximum absolute atomic E-state index is 12.7. The minimum Gasteiger partial charge on any atom is -0.550 e. The third-order valence-electron chi connectivity index (χ3n) is 6.84. The number of carbonyl (C=O) groups excluding carboxylic acids is 2. The zero-order chi connectivity index (χ0) is 24.9. The zero-order valence-corrected chi connectivity index (χ0v) is 20.1. The monoisotopic (exact) mass is 476 g/mol. The van der Waals surface area contributed by atoms with E-state index in [1.807, 2.05) is 50.2 Å². The summed E-state index contributed by atoms with van der Waals surface area (Å²) in [7, 11) is 0. The third-order valence-corrected chi connectivity index (χ3v) is 6.84. The topological polar surface area (TPSA) is 109 Å². The van der Waals surface area contributed by atoms with Crippen molar-refractivity contribution in [2.75, 3.05) is 13.2 Å². The number of carboxylic acid groups (broad SMARTS) is 1. The molecule has 7 nitrogen and oxygen atoms in total.